The van der Waals surface area contributed by atoms with Gasteiger partial charge in [-0.2, -0.15) is 0 Å². The highest BCUT2D eigenvalue weighted by molar-refractivity contribution is 5.97. The molecule has 0 saturated carbocycles. The fourth-order valence-electron chi connectivity index (χ4n) is 4.22. The summed E-state index contributed by atoms with van der Waals surface area (Å²) in [6, 6.07) is 2.23. The summed E-state index contributed by atoms with van der Waals surface area (Å²) >= 11 is 0. The fraction of sp³-hybridized carbons (Fsp3) is 0.632. The van der Waals surface area contributed by atoms with Crippen molar-refractivity contribution in [2.24, 2.45) is 5.92 Å². The quantitative estimate of drug-likeness (QED) is 0.786. The van der Waals surface area contributed by atoms with Crippen molar-refractivity contribution < 1.29 is 9.59 Å². The summed E-state index contributed by atoms with van der Waals surface area (Å²) in [4.78, 5) is 35.7. The van der Waals surface area contributed by atoms with Crippen LogP contribution in [0.15, 0.2) is 12.3 Å². The van der Waals surface area contributed by atoms with Gasteiger partial charge in [0, 0.05) is 51.3 Å². The smallest absolute Gasteiger partial charge is 0.319 e. The lowest BCUT2D eigenvalue weighted by Gasteiger charge is -2.35. The largest absolute Gasteiger partial charge is 0.325 e. The molecule has 0 radical (unpaired) electrons. The van der Waals surface area contributed by atoms with Crippen molar-refractivity contribution >= 4 is 17.6 Å². The summed E-state index contributed by atoms with van der Waals surface area (Å²) in [5.41, 5.74) is 3.10. The molecule has 2 saturated heterocycles. The highest BCUT2D eigenvalue weighted by atomic mass is 16.2. The van der Waals surface area contributed by atoms with Gasteiger partial charge in [0.2, 0.25) is 5.91 Å². The zero-order chi connectivity index (χ0) is 17.4. The van der Waals surface area contributed by atoms with Crippen LogP contribution < -0.4 is 4.90 Å². The van der Waals surface area contributed by atoms with Crippen LogP contribution in [0.4, 0.5) is 10.5 Å². The summed E-state index contributed by atoms with van der Waals surface area (Å²) in [5, 5.41) is 0. The van der Waals surface area contributed by atoms with Gasteiger partial charge >= 0.3 is 6.03 Å². The van der Waals surface area contributed by atoms with E-state index in [0.29, 0.717) is 13.1 Å². The average molecular weight is 342 g/mol. The van der Waals surface area contributed by atoms with Gasteiger partial charge in [0.05, 0.1) is 11.4 Å². The zero-order valence-corrected chi connectivity index (χ0v) is 14.9. The van der Waals surface area contributed by atoms with Crippen LogP contribution in [0, 0.1) is 12.8 Å². The molecular formula is C19H26N4O2. The van der Waals surface area contributed by atoms with E-state index in [1.165, 1.54) is 0 Å². The van der Waals surface area contributed by atoms with Gasteiger partial charge in [0.1, 0.15) is 0 Å². The van der Waals surface area contributed by atoms with Crippen LogP contribution in [0.25, 0.3) is 0 Å². The van der Waals surface area contributed by atoms with Gasteiger partial charge in [0.25, 0.3) is 0 Å². The molecule has 0 aliphatic carbocycles. The maximum absolute atomic E-state index is 13.0. The molecule has 4 rings (SSSR count). The Balaban J connectivity index is 1.38. The van der Waals surface area contributed by atoms with Crippen LogP contribution in [0.5, 0.6) is 0 Å². The number of anilines is 1. The Morgan fingerprint density at radius 1 is 1.04 bits per heavy atom. The number of amides is 3. The van der Waals surface area contributed by atoms with Crippen molar-refractivity contribution in [3.8, 4) is 0 Å². The fourth-order valence-corrected chi connectivity index (χ4v) is 4.22. The van der Waals surface area contributed by atoms with Gasteiger partial charge in [-0.25, -0.2) is 4.79 Å². The molecule has 134 valence electrons. The van der Waals surface area contributed by atoms with Gasteiger partial charge < -0.3 is 14.7 Å². The third-order valence-electron chi connectivity index (χ3n) is 5.70. The standard InChI is InChI=1S/C19H26N4O2/c1-14-12-17-16(20-13-14)6-11-23(17)18(24)15-4-9-22(10-5-15)19(25)21-7-2-3-8-21/h12-13,15H,2-11H2,1H3. The van der Waals surface area contributed by atoms with E-state index in [2.05, 4.69) is 11.1 Å². The molecule has 1 aromatic rings. The Bertz CT molecular complexity index is 676. The van der Waals surface area contributed by atoms with E-state index in [1.54, 1.807) is 0 Å². The molecule has 4 heterocycles. The van der Waals surface area contributed by atoms with Crippen molar-refractivity contribution in [2.75, 3.05) is 37.6 Å². The number of nitrogens with zero attached hydrogens (tertiary/aromatic N) is 4. The van der Waals surface area contributed by atoms with Gasteiger partial charge in [-0.3, -0.25) is 9.78 Å². The Morgan fingerprint density at radius 2 is 1.72 bits per heavy atom. The summed E-state index contributed by atoms with van der Waals surface area (Å²) in [6.45, 7) is 5.90. The molecule has 3 aliphatic heterocycles. The molecule has 0 bridgehead atoms. The van der Waals surface area contributed by atoms with E-state index in [0.717, 1.165) is 68.7 Å². The van der Waals surface area contributed by atoms with Crippen molar-refractivity contribution in [1.29, 1.82) is 0 Å². The highest BCUT2D eigenvalue weighted by Gasteiger charge is 2.35. The van der Waals surface area contributed by atoms with E-state index < -0.39 is 0 Å². The first-order chi connectivity index (χ1) is 12.1. The molecule has 0 spiro atoms. The third kappa shape index (κ3) is 3.10. The molecule has 3 amide bonds. The minimum atomic E-state index is 0.0223. The number of fused-ring (bicyclic) bond motifs is 1. The normalized spacial score (nSPS) is 20.9. The maximum atomic E-state index is 13.0. The summed E-state index contributed by atoms with van der Waals surface area (Å²) in [5.74, 6) is 0.230. The molecule has 3 aliphatic rings. The molecule has 2 fully saturated rings. The minimum Gasteiger partial charge on any atom is -0.325 e. The number of hydrogen-bond donors (Lipinski definition) is 0. The van der Waals surface area contributed by atoms with E-state index >= 15 is 0 Å². The van der Waals surface area contributed by atoms with Crippen LogP contribution in [0.2, 0.25) is 0 Å². The van der Waals surface area contributed by atoms with Gasteiger partial charge in [0.15, 0.2) is 0 Å². The average Bonchev–Trinajstić information content (AvgIpc) is 3.30. The first-order valence-electron chi connectivity index (χ1n) is 9.44. The highest BCUT2D eigenvalue weighted by Crippen LogP contribution is 2.31. The Hall–Kier alpha value is -2.11. The SMILES string of the molecule is Cc1cnc2c(c1)N(C(=O)C1CCN(C(=O)N3CCCC3)CC1)CC2. The topological polar surface area (TPSA) is 56.8 Å². The molecule has 25 heavy (non-hydrogen) atoms. The predicted molar refractivity (Wildman–Crippen MR) is 95.5 cm³/mol. The van der Waals surface area contributed by atoms with Crippen LogP contribution in [0.1, 0.15) is 36.9 Å². The van der Waals surface area contributed by atoms with Crippen LogP contribution in [-0.2, 0) is 11.2 Å². The second-order valence-electron chi connectivity index (χ2n) is 7.46. The van der Waals surface area contributed by atoms with Crippen molar-refractivity contribution in [3.63, 3.8) is 0 Å². The van der Waals surface area contributed by atoms with Crippen LogP contribution >= 0.6 is 0 Å². The summed E-state index contributed by atoms with van der Waals surface area (Å²) in [6.07, 6.45) is 6.47. The molecule has 0 N–H and O–H groups in total. The zero-order valence-electron chi connectivity index (χ0n) is 14.9. The van der Waals surface area contributed by atoms with Gasteiger partial charge in [-0.1, -0.05) is 0 Å². The lowest BCUT2D eigenvalue weighted by atomic mass is 9.95. The second-order valence-corrected chi connectivity index (χ2v) is 7.46. The Kier molecular flexibility index (Phi) is 4.36. The molecule has 0 aromatic carbocycles. The second kappa shape index (κ2) is 6.65. The van der Waals surface area contributed by atoms with Crippen LogP contribution in [0.3, 0.4) is 0 Å². The van der Waals surface area contributed by atoms with E-state index in [-0.39, 0.29) is 17.9 Å². The van der Waals surface area contributed by atoms with Crippen molar-refractivity contribution in [1.82, 2.24) is 14.8 Å². The molecule has 1 aromatic heterocycles. The number of urea groups is 1. The lowest BCUT2D eigenvalue weighted by Crippen LogP contribution is -2.48. The number of carbonyl (C=O) groups excluding carboxylic acids is 2. The third-order valence-corrected chi connectivity index (χ3v) is 5.70. The molecule has 6 heteroatoms. The Labute approximate surface area is 148 Å². The van der Waals surface area contributed by atoms with Gasteiger partial charge in [-0.05, 0) is 44.2 Å². The first-order valence-corrected chi connectivity index (χ1v) is 9.44. The Morgan fingerprint density at radius 3 is 2.44 bits per heavy atom. The van der Waals surface area contributed by atoms with Crippen molar-refractivity contribution in [2.45, 2.75) is 39.0 Å². The van der Waals surface area contributed by atoms with E-state index in [9.17, 15) is 9.59 Å². The molecule has 0 atom stereocenters. The van der Waals surface area contributed by atoms with Crippen molar-refractivity contribution in [3.05, 3.63) is 23.5 Å². The number of likely N-dealkylation sites (tertiary alicyclic amines) is 2. The molecule has 0 unspecified atom stereocenters. The lowest BCUT2D eigenvalue weighted by molar-refractivity contribution is -0.123. The molecular weight excluding hydrogens is 316 g/mol. The number of piperidine rings is 1. The van der Waals surface area contributed by atoms with Gasteiger partial charge in [-0.15, -0.1) is 0 Å². The number of pyridine rings is 1. The number of aryl methyl sites for hydroxylation is 1. The monoisotopic (exact) mass is 342 g/mol. The number of aromatic nitrogens is 1. The van der Waals surface area contributed by atoms with Crippen LogP contribution in [-0.4, -0.2) is 59.4 Å². The number of rotatable bonds is 1. The predicted octanol–water partition coefficient (Wildman–Crippen LogP) is 2.21. The molecule has 6 nitrogen and oxygen atoms in total. The van der Waals surface area contributed by atoms with E-state index in [1.807, 2.05) is 27.8 Å². The number of carbonyl (C=O) groups is 2. The summed E-state index contributed by atoms with van der Waals surface area (Å²) in [7, 11) is 0. The maximum Gasteiger partial charge on any atom is 0.319 e. The first kappa shape index (κ1) is 16.4. The summed E-state index contributed by atoms with van der Waals surface area (Å²) < 4.78 is 0. The minimum absolute atomic E-state index is 0.0223. The van der Waals surface area contributed by atoms with E-state index in [4.69, 9.17) is 0 Å². The number of hydrogen-bond acceptors (Lipinski definition) is 3.